The first-order valence-electron chi connectivity index (χ1n) is 7.82. The maximum atomic E-state index is 12.7. The van der Waals surface area contributed by atoms with Gasteiger partial charge in [0, 0.05) is 39.6 Å². The van der Waals surface area contributed by atoms with Crippen LogP contribution in [0.25, 0.3) is 0 Å². The quantitative estimate of drug-likeness (QED) is 0.875. The Hall–Kier alpha value is -1.89. The second-order valence-electron chi connectivity index (χ2n) is 5.53. The molecule has 0 bridgehead atoms. The Morgan fingerprint density at radius 2 is 2.26 bits per heavy atom. The fourth-order valence-electron chi connectivity index (χ4n) is 2.31. The first-order chi connectivity index (χ1) is 11.0. The summed E-state index contributed by atoms with van der Waals surface area (Å²) < 4.78 is 0. The molecule has 0 radical (unpaired) electrons. The lowest BCUT2D eigenvalue weighted by atomic mass is 10.3. The van der Waals surface area contributed by atoms with Crippen molar-refractivity contribution in [1.29, 1.82) is 0 Å². The summed E-state index contributed by atoms with van der Waals surface area (Å²) in [5.41, 5.74) is 0.189. The molecule has 0 saturated carbocycles. The summed E-state index contributed by atoms with van der Waals surface area (Å²) in [7, 11) is 1.89. The third-order valence-electron chi connectivity index (χ3n) is 3.72. The molecule has 1 saturated heterocycles. The number of hydrogen-bond donors (Lipinski definition) is 1. The molecule has 1 aromatic heterocycles. The zero-order chi connectivity index (χ0) is 16.8. The molecule has 0 aliphatic carbocycles. The standard InChI is InChI=1S/C15H22ClN5O2/c1-3-4-7-20(2)15-18-10-11(16)13(19-15)14(23)21-8-5-12(22)17-6-9-21/h10H,3-9H2,1-2H3,(H,17,22). The number of unbranched alkanes of at least 4 members (excludes halogenated alkanes) is 1. The molecule has 1 aliphatic rings. The van der Waals surface area contributed by atoms with Crippen LogP contribution in [-0.4, -0.2) is 59.9 Å². The molecule has 0 atom stereocenters. The van der Waals surface area contributed by atoms with Crippen LogP contribution in [-0.2, 0) is 4.79 Å². The molecule has 0 spiro atoms. The minimum atomic E-state index is -0.265. The summed E-state index contributed by atoms with van der Waals surface area (Å²) in [5.74, 6) is 0.170. The van der Waals surface area contributed by atoms with Gasteiger partial charge in [-0.1, -0.05) is 24.9 Å². The topological polar surface area (TPSA) is 78.4 Å². The maximum Gasteiger partial charge on any atom is 0.274 e. The van der Waals surface area contributed by atoms with Crippen LogP contribution in [0.4, 0.5) is 5.95 Å². The zero-order valence-corrected chi connectivity index (χ0v) is 14.3. The minimum Gasteiger partial charge on any atom is -0.354 e. The molecule has 1 fully saturated rings. The van der Waals surface area contributed by atoms with Gasteiger partial charge in [-0.2, -0.15) is 0 Å². The second kappa shape index (κ2) is 8.10. The summed E-state index contributed by atoms with van der Waals surface area (Å²) in [4.78, 5) is 36.1. The second-order valence-corrected chi connectivity index (χ2v) is 5.94. The molecular formula is C15H22ClN5O2. The molecule has 126 valence electrons. The predicted octanol–water partition coefficient (Wildman–Crippen LogP) is 1.33. The Kier molecular flexibility index (Phi) is 6.15. The number of rotatable bonds is 5. The van der Waals surface area contributed by atoms with E-state index < -0.39 is 0 Å². The van der Waals surface area contributed by atoms with E-state index in [1.54, 1.807) is 4.90 Å². The normalized spacial score (nSPS) is 15.1. The number of anilines is 1. The third-order valence-corrected chi connectivity index (χ3v) is 4.00. The average molecular weight is 340 g/mol. The average Bonchev–Trinajstić information content (AvgIpc) is 2.77. The number of carbonyl (C=O) groups is 2. The minimum absolute atomic E-state index is 0.0472. The Morgan fingerprint density at radius 1 is 1.48 bits per heavy atom. The van der Waals surface area contributed by atoms with E-state index >= 15 is 0 Å². The van der Waals surface area contributed by atoms with Crippen LogP contribution < -0.4 is 10.2 Å². The van der Waals surface area contributed by atoms with Crippen molar-refractivity contribution in [1.82, 2.24) is 20.2 Å². The fraction of sp³-hybridized carbons (Fsp3) is 0.600. The van der Waals surface area contributed by atoms with Gasteiger partial charge in [-0.25, -0.2) is 9.97 Å². The van der Waals surface area contributed by atoms with Gasteiger partial charge >= 0.3 is 0 Å². The van der Waals surface area contributed by atoms with Crippen LogP contribution in [0.5, 0.6) is 0 Å². The van der Waals surface area contributed by atoms with Gasteiger partial charge in [-0.15, -0.1) is 0 Å². The van der Waals surface area contributed by atoms with E-state index in [1.807, 2.05) is 11.9 Å². The lowest BCUT2D eigenvalue weighted by Crippen LogP contribution is -2.35. The van der Waals surface area contributed by atoms with Gasteiger partial charge in [-0.05, 0) is 6.42 Å². The fourth-order valence-corrected chi connectivity index (χ4v) is 2.48. The number of hydrogen-bond acceptors (Lipinski definition) is 5. The summed E-state index contributed by atoms with van der Waals surface area (Å²) >= 11 is 6.12. The highest BCUT2D eigenvalue weighted by atomic mass is 35.5. The van der Waals surface area contributed by atoms with Crippen molar-refractivity contribution in [3.63, 3.8) is 0 Å². The lowest BCUT2D eigenvalue weighted by Gasteiger charge is -2.21. The monoisotopic (exact) mass is 339 g/mol. The van der Waals surface area contributed by atoms with Gasteiger partial charge in [0.2, 0.25) is 11.9 Å². The van der Waals surface area contributed by atoms with E-state index in [4.69, 9.17) is 11.6 Å². The summed E-state index contributed by atoms with van der Waals surface area (Å²) in [5, 5.41) is 2.97. The van der Waals surface area contributed by atoms with E-state index in [-0.39, 0.29) is 29.0 Å². The van der Waals surface area contributed by atoms with Gasteiger partial charge in [0.05, 0.1) is 11.2 Å². The van der Waals surface area contributed by atoms with E-state index in [2.05, 4.69) is 22.2 Å². The SMILES string of the molecule is CCCCN(C)c1ncc(Cl)c(C(=O)N2CCNC(=O)CC2)n1. The Morgan fingerprint density at radius 3 is 3.00 bits per heavy atom. The third kappa shape index (κ3) is 4.54. The summed E-state index contributed by atoms with van der Waals surface area (Å²) in [6, 6.07) is 0. The number of carbonyl (C=O) groups excluding carboxylic acids is 2. The van der Waals surface area contributed by atoms with Crippen LogP contribution in [0.15, 0.2) is 6.20 Å². The van der Waals surface area contributed by atoms with Gasteiger partial charge in [-0.3, -0.25) is 9.59 Å². The van der Waals surface area contributed by atoms with E-state index in [9.17, 15) is 9.59 Å². The maximum absolute atomic E-state index is 12.7. The molecule has 0 unspecified atom stereocenters. The lowest BCUT2D eigenvalue weighted by molar-refractivity contribution is -0.120. The molecule has 23 heavy (non-hydrogen) atoms. The molecule has 1 aliphatic heterocycles. The molecule has 2 rings (SSSR count). The molecule has 2 amide bonds. The molecule has 2 heterocycles. The van der Waals surface area contributed by atoms with Crippen LogP contribution >= 0.6 is 11.6 Å². The van der Waals surface area contributed by atoms with Crippen LogP contribution in [0.2, 0.25) is 5.02 Å². The highest BCUT2D eigenvalue weighted by molar-refractivity contribution is 6.33. The van der Waals surface area contributed by atoms with Crippen molar-refractivity contribution in [2.45, 2.75) is 26.2 Å². The smallest absolute Gasteiger partial charge is 0.274 e. The van der Waals surface area contributed by atoms with Crippen molar-refractivity contribution < 1.29 is 9.59 Å². The molecule has 0 aromatic carbocycles. The van der Waals surface area contributed by atoms with E-state index in [0.29, 0.717) is 25.6 Å². The van der Waals surface area contributed by atoms with Crippen molar-refractivity contribution in [2.75, 3.05) is 38.1 Å². The highest BCUT2D eigenvalue weighted by Crippen LogP contribution is 2.18. The number of amides is 2. The summed E-state index contributed by atoms with van der Waals surface area (Å²) in [6.45, 7) is 4.18. The van der Waals surface area contributed by atoms with Crippen LogP contribution in [0.1, 0.15) is 36.7 Å². The van der Waals surface area contributed by atoms with E-state index in [0.717, 1.165) is 19.4 Å². The van der Waals surface area contributed by atoms with Crippen molar-refractivity contribution >= 4 is 29.4 Å². The van der Waals surface area contributed by atoms with Gasteiger partial charge < -0.3 is 15.1 Å². The molecular weight excluding hydrogens is 318 g/mol. The van der Waals surface area contributed by atoms with Gasteiger partial charge in [0.15, 0.2) is 5.69 Å². The number of nitrogens with one attached hydrogen (secondary N) is 1. The van der Waals surface area contributed by atoms with Crippen LogP contribution in [0, 0.1) is 0 Å². The molecule has 7 nitrogen and oxygen atoms in total. The van der Waals surface area contributed by atoms with Crippen molar-refractivity contribution in [3.8, 4) is 0 Å². The van der Waals surface area contributed by atoms with Crippen molar-refractivity contribution in [3.05, 3.63) is 16.9 Å². The highest BCUT2D eigenvalue weighted by Gasteiger charge is 2.24. The summed E-state index contributed by atoms with van der Waals surface area (Å²) in [6.07, 6.45) is 3.84. The largest absolute Gasteiger partial charge is 0.354 e. The Balaban J connectivity index is 2.17. The predicted molar refractivity (Wildman–Crippen MR) is 88.8 cm³/mol. The molecule has 1 aromatic rings. The Bertz CT molecular complexity index is 581. The van der Waals surface area contributed by atoms with Gasteiger partial charge in [0.25, 0.3) is 5.91 Å². The zero-order valence-electron chi connectivity index (χ0n) is 13.5. The number of nitrogens with zero attached hydrogens (tertiary/aromatic N) is 4. The first kappa shape index (κ1) is 17.5. The first-order valence-corrected chi connectivity index (χ1v) is 8.20. The van der Waals surface area contributed by atoms with Gasteiger partial charge in [0.1, 0.15) is 0 Å². The van der Waals surface area contributed by atoms with Crippen molar-refractivity contribution in [2.24, 2.45) is 0 Å². The number of halogens is 1. The van der Waals surface area contributed by atoms with E-state index in [1.165, 1.54) is 6.20 Å². The Labute approximate surface area is 141 Å². The molecule has 8 heteroatoms. The number of aromatic nitrogens is 2. The van der Waals surface area contributed by atoms with Crippen LogP contribution in [0.3, 0.4) is 0 Å². The molecule has 1 N–H and O–H groups in total.